The highest BCUT2D eigenvalue weighted by atomic mass is 35.5. The predicted molar refractivity (Wildman–Crippen MR) is 82.6 cm³/mol. The molecule has 2 aliphatic heterocycles. The van der Waals surface area contributed by atoms with Gasteiger partial charge in [-0.25, -0.2) is 19.3 Å². The quantitative estimate of drug-likeness (QED) is 0.849. The van der Waals surface area contributed by atoms with E-state index in [0.717, 1.165) is 32.0 Å². The Hall–Kier alpha value is -1.95. The van der Waals surface area contributed by atoms with Crippen molar-refractivity contribution in [3.8, 4) is 0 Å². The molecule has 0 spiro atoms. The molecule has 0 radical (unpaired) electrons. The predicted octanol–water partition coefficient (Wildman–Crippen LogP) is 2.24. The van der Waals surface area contributed by atoms with Gasteiger partial charge in [-0.3, -0.25) is 0 Å². The number of nitrogens with zero attached hydrogens (tertiary/aromatic N) is 5. The summed E-state index contributed by atoms with van der Waals surface area (Å²) in [5.41, 5.74) is 0. The second-order valence-corrected chi connectivity index (χ2v) is 6.30. The average molecular weight is 320 g/mol. The smallest absolute Gasteiger partial charge is 0.183 e. The van der Waals surface area contributed by atoms with Gasteiger partial charge >= 0.3 is 0 Å². The van der Waals surface area contributed by atoms with Crippen LogP contribution >= 0.6 is 11.6 Å². The van der Waals surface area contributed by atoms with E-state index in [1.54, 1.807) is 6.20 Å². The SMILES string of the molecule is Fc1cncnc1N1CC2CN(c3ccc(Cl)cn3)CC2C1. The van der Waals surface area contributed by atoms with Crippen molar-refractivity contribution in [1.29, 1.82) is 0 Å². The van der Waals surface area contributed by atoms with E-state index in [4.69, 9.17) is 11.6 Å². The minimum atomic E-state index is -0.348. The maximum absolute atomic E-state index is 13.8. The Bertz CT molecular complexity index is 666. The number of pyridine rings is 1. The molecular weight excluding hydrogens is 305 g/mol. The van der Waals surface area contributed by atoms with Crippen LogP contribution in [0.1, 0.15) is 0 Å². The van der Waals surface area contributed by atoms with E-state index in [1.807, 2.05) is 17.0 Å². The zero-order chi connectivity index (χ0) is 15.1. The van der Waals surface area contributed by atoms with Crippen LogP contribution in [0.2, 0.25) is 5.02 Å². The summed E-state index contributed by atoms with van der Waals surface area (Å²) in [7, 11) is 0. The molecule has 2 fully saturated rings. The lowest BCUT2D eigenvalue weighted by Gasteiger charge is -2.23. The topological polar surface area (TPSA) is 45.2 Å². The molecule has 0 bridgehead atoms. The summed E-state index contributed by atoms with van der Waals surface area (Å²) < 4.78 is 13.8. The van der Waals surface area contributed by atoms with E-state index in [0.29, 0.717) is 22.7 Å². The van der Waals surface area contributed by atoms with Crippen LogP contribution in [0.4, 0.5) is 16.0 Å². The molecule has 22 heavy (non-hydrogen) atoms. The van der Waals surface area contributed by atoms with Gasteiger partial charge in [-0.15, -0.1) is 0 Å². The summed E-state index contributed by atoms with van der Waals surface area (Å²) in [5.74, 6) is 2.04. The first-order valence-electron chi connectivity index (χ1n) is 7.27. The molecule has 7 heteroatoms. The van der Waals surface area contributed by atoms with Gasteiger partial charge in [0.25, 0.3) is 0 Å². The van der Waals surface area contributed by atoms with Gasteiger partial charge in [-0.05, 0) is 12.1 Å². The summed E-state index contributed by atoms with van der Waals surface area (Å²) in [6.45, 7) is 3.51. The lowest BCUT2D eigenvalue weighted by Crippen LogP contribution is -2.30. The number of hydrogen-bond donors (Lipinski definition) is 0. The molecule has 5 nitrogen and oxygen atoms in total. The van der Waals surface area contributed by atoms with Gasteiger partial charge in [0, 0.05) is 44.2 Å². The zero-order valence-electron chi connectivity index (χ0n) is 11.9. The van der Waals surface area contributed by atoms with Crippen molar-refractivity contribution < 1.29 is 4.39 Å². The maximum Gasteiger partial charge on any atom is 0.183 e. The fourth-order valence-corrected chi connectivity index (χ4v) is 3.56. The summed E-state index contributed by atoms with van der Waals surface area (Å²) in [4.78, 5) is 16.5. The molecular formula is C15H15ClFN5. The molecule has 4 rings (SSSR count). The van der Waals surface area contributed by atoms with Gasteiger partial charge in [0.1, 0.15) is 12.1 Å². The molecule has 2 aromatic rings. The minimum Gasteiger partial charge on any atom is -0.356 e. The molecule has 2 aliphatic rings. The Morgan fingerprint density at radius 1 is 1.00 bits per heavy atom. The number of rotatable bonds is 2. The average Bonchev–Trinajstić information content (AvgIpc) is 3.07. The molecule has 114 valence electrons. The third kappa shape index (κ3) is 2.37. The molecule has 0 aromatic carbocycles. The van der Waals surface area contributed by atoms with E-state index in [1.165, 1.54) is 12.5 Å². The Balaban J connectivity index is 1.46. The summed E-state index contributed by atoms with van der Waals surface area (Å²) in [5, 5.41) is 0.647. The minimum absolute atomic E-state index is 0.348. The van der Waals surface area contributed by atoms with E-state index in [9.17, 15) is 4.39 Å². The first-order chi connectivity index (χ1) is 10.7. The fraction of sp³-hybridized carbons (Fsp3) is 0.400. The highest BCUT2D eigenvalue weighted by molar-refractivity contribution is 6.30. The van der Waals surface area contributed by atoms with Gasteiger partial charge in [0.2, 0.25) is 0 Å². The van der Waals surface area contributed by atoms with Crippen molar-refractivity contribution >= 4 is 23.2 Å². The number of aromatic nitrogens is 3. The van der Waals surface area contributed by atoms with E-state index < -0.39 is 0 Å². The van der Waals surface area contributed by atoms with Crippen LogP contribution in [-0.2, 0) is 0 Å². The van der Waals surface area contributed by atoms with Crippen molar-refractivity contribution in [2.45, 2.75) is 0 Å². The molecule has 0 N–H and O–H groups in total. The number of halogens is 2. The van der Waals surface area contributed by atoms with Gasteiger partial charge in [0.05, 0.1) is 11.2 Å². The molecule has 2 saturated heterocycles. The molecule has 4 heterocycles. The van der Waals surface area contributed by atoms with Crippen molar-refractivity contribution in [2.24, 2.45) is 11.8 Å². The standard InChI is InChI=1S/C15H15ClFN5/c16-12-1-2-14(19-3-12)21-5-10-7-22(8-11(10)6-21)15-13(17)4-18-9-20-15/h1-4,9-11H,5-8H2. The maximum atomic E-state index is 13.8. The Labute approximate surface area is 132 Å². The molecule has 0 aliphatic carbocycles. The third-order valence-corrected chi connectivity index (χ3v) is 4.69. The zero-order valence-corrected chi connectivity index (χ0v) is 12.6. The van der Waals surface area contributed by atoms with Crippen LogP contribution in [0.5, 0.6) is 0 Å². The molecule has 2 unspecified atom stereocenters. The second kappa shape index (κ2) is 5.35. The van der Waals surface area contributed by atoms with Crippen molar-refractivity contribution in [3.63, 3.8) is 0 Å². The van der Waals surface area contributed by atoms with Gasteiger partial charge < -0.3 is 9.80 Å². The van der Waals surface area contributed by atoms with Crippen LogP contribution in [0.25, 0.3) is 0 Å². The Morgan fingerprint density at radius 2 is 1.73 bits per heavy atom. The van der Waals surface area contributed by atoms with Crippen LogP contribution in [0.3, 0.4) is 0 Å². The lowest BCUT2D eigenvalue weighted by atomic mass is 10.0. The fourth-order valence-electron chi connectivity index (χ4n) is 3.45. The van der Waals surface area contributed by atoms with Crippen molar-refractivity contribution in [3.05, 3.63) is 41.7 Å². The summed E-state index contributed by atoms with van der Waals surface area (Å²) >= 11 is 5.88. The first kappa shape index (κ1) is 13.7. The van der Waals surface area contributed by atoms with Crippen LogP contribution in [0, 0.1) is 17.7 Å². The van der Waals surface area contributed by atoms with E-state index in [2.05, 4.69) is 19.9 Å². The van der Waals surface area contributed by atoms with Crippen LogP contribution in [0.15, 0.2) is 30.9 Å². The highest BCUT2D eigenvalue weighted by Crippen LogP contribution is 2.35. The Morgan fingerprint density at radius 3 is 2.36 bits per heavy atom. The normalized spacial score (nSPS) is 23.9. The van der Waals surface area contributed by atoms with Gasteiger partial charge in [0.15, 0.2) is 11.6 Å². The molecule has 0 amide bonds. The number of hydrogen-bond acceptors (Lipinski definition) is 5. The highest BCUT2D eigenvalue weighted by Gasteiger charge is 2.41. The summed E-state index contributed by atoms with van der Waals surface area (Å²) in [6.07, 6.45) is 4.30. The Kier molecular flexibility index (Phi) is 3.33. The second-order valence-electron chi connectivity index (χ2n) is 5.86. The van der Waals surface area contributed by atoms with E-state index >= 15 is 0 Å². The first-order valence-corrected chi connectivity index (χ1v) is 7.65. The van der Waals surface area contributed by atoms with Gasteiger partial charge in [-0.2, -0.15) is 0 Å². The summed E-state index contributed by atoms with van der Waals surface area (Å²) in [6, 6.07) is 3.81. The molecule has 2 aromatic heterocycles. The third-order valence-electron chi connectivity index (χ3n) is 4.47. The van der Waals surface area contributed by atoms with Crippen molar-refractivity contribution in [2.75, 3.05) is 36.0 Å². The number of fused-ring (bicyclic) bond motifs is 1. The molecule has 2 atom stereocenters. The van der Waals surface area contributed by atoms with E-state index in [-0.39, 0.29) is 5.82 Å². The largest absolute Gasteiger partial charge is 0.356 e. The van der Waals surface area contributed by atoms with Crippen molar-refractivity contribution in [1.82, 2.24) is 15.0 Å². The number of anilines is 2. The van der Waals surface area contributed by atoms with Crippen LogP contribution in [-0.4, -0.2) is 41.1 Å². The van der Waals surface area contributed by atoms with Crippen LogP contribution < -0.4 is 9.80 Å². The van der Waals surface area contributed by atoms with Gasteiger partial charge in [-0.1, -0.05) is 11.6 Å². The monoisotopic (exact) mass is 319 g/mol. The molecule has 0 saturated carbocycles. The lowest BCUT2D eigenvalue weighted by molar-refractivity contribution is 0.533.